The normalized spacial score (nSPS) is 28.2. The predicted molar refractivity (Wildman–Crippen MR) is 91.7 cm³/mol. The number of likely N-dealkylation sites (tertiary alicyclic amines) is 1. The Balaban J connectivity index is 1.41. The minimum absolute atomic E-state index is 0.0632. The van der Waals surface area contributed by atoms with Gasteiger partial charge in [0.1, 0.15) is 0 Å². The average molecular weight is 329 g/mol. The van der Waals surface area contributed by atoms with Gasteiger partial charge in [-0.2, -0.15) is 0 Å². The van der Waals surface area contributed by atoms with Crippen LogP contribution in [0.3, 0.4) is 0 Å². The maximum Gasteiger partial charge on any atom is 0.221 e. The highest BCUT2D eigenvalue weighted by Gasteiger charge is 2.48. The maximum absolute atomic E-state index is 12.1. The van der Waals surface area contributed by atoms with Crippen molar-refractivity contribution in [2.75, 3.05) is 32.8 Å². The largest absolute Gasteiger partial charge is 0.381 e. The fourth-order valence-corrected chi connectivity index (χ4v) is 4.72. The molecule has 3 saturated heterocycles. The minimum atomic E-state index is -0.0632. The molecule has 0 saturated carbocycles. The Bertz CT molecular complexity index is 563. The number of carbonyl (C=O) groups is 1. The van der Waals surface area contributed by atoms with Crippen molar-refractivity contribution in [1.82, 2.24) is 15.2 Å². The summed E-state index contributed by atoms with van der Waals surface area (Å²) < 4.78 is 5.47. The number of nitrogens with one attached hydrogen (secondary N) is 1. The lowest BCUT2D eigenvalue weighted by Gasteiger charge is -2.44. The van der Waals surface area contributed by atoms with Crippen LogP contribution in [-0.4, -0.2) is 54.2 Å². The first-order valence-electron chi connectivity index (χ1n) is 9.26. The molecule has 0 aromatic carbocycles. The van der Waals surface area contributed by atoms with E-state index in [1.165, 1.54) is 24.9 Å². The monoisotopic (exact) mass is 329 g/mol. The highest BCUT2D eigenvalue weighted by Crippen LogP contribution is 2.43. The van der Waals surface area contributed by atoms with Gasteiger partial charge >= 0.3 is 0 Å². The lowest BCUT2D eigenvalue weighted by atomic mass is 9.74. The topological polar surface area (TPSA) is 54.5 Å². The van der Waals surface area contributed by atoms with Crippen molar-refractivity contribution >= 4 is 5.91 Å². The molecule has 130 valence electrons. The Morgan fingerprint density at radius 3 is 2.79 bits per heavy atom. The van der Waals surface area contributed by atoms with Gasteiger partial charge in [-0.15, -0.1) is 0 Å². The summed E-state index contributed by atoms with van der Waals surface area (Å²) in [6, 6.07) is 4.10. The SMILES string of the molecule is O=C1CC(c2cccnc2)C2(CCN(CC3CCOCC3)CC2)N1. The number of carbonyl (C=O) groups excluding carboxylic acids is 1. The van der Waals surface area contributed by atoms with Crippen LogP contribution in [0.4, 0.5) is 0 Å². The number of hydrogen-bond acceptors (Lipinski definition) is 4. The quantitative estimate of drug-likeness (QED) is 0.921. The van der Waals surface area contributed by atoms with Crippen molar-refractivity contribution in [3.8, 4) is 0 Å². The smallest absolute Gasteiger partial charge is 0.221 e. The molecule has 3 aliphatic heterocycles. The first kappa shape index (κ1) is 16.0. The van der Waals surface area contributed by atoms with Crippen molar-refractivity contribution in [2.24, 2.45) is 5.92 Å². The van der Waals surface area contributed by atoms with Gasteiger partial charge in [-0.05, 0) is 43.2 Å². The molecule has 1 aromatic rings. The molecule has 4 rings (SSSR count). The molecular formula is C19H27N3O2. The molecule has 5 heteroatoms. The molecule has 3 aliphatic rings. The van der Waals surface area contributed by atoms with Crippen LogP contribution in [0.2, 0.25) is 0 Å². The molecular weight excluding hydrogens is 302 g/mol. The van der Waals surface area contributed by atoms with Crippen LogP contribution in [0.15, 0.2) is 24.5 Å². The lowest BCUT2D eigenvalue weighted by Crippen LogP contribution is -2.54. The molecule has 1 aromatic heterocycles. The molecule has 3 fully saturated rings. The fourth-order valence-electron chi connectivity index (χ4n) is 4.72. The highest BCUT2D eigenvalue weighted by molar-refractivity contribution is 5.81. The first-order valence-corrected chi connectivity index (χ1v) is 9.26. The van der Waals surface area contributed by atoms with Crippen LogP contribution >= 0.6 is 0 Å². The minimum Gasteiger partial charge on any atom is -0.381 e. The van der Waals surface area contributed by atoms with Crippen LogP contribution in [0, 0.1) is 5.92 Å². The summed E-state index contributed by atoms with van der Waals surface area (Å²) in [6.07, 6.45) is 8.81. The molecule has 1 N–H and O–H groups in total. The van der Waals surface area contributed by atoms with Crippen molar-refractivity contribution in [1.29, 1.82) is 0 Å². The highest BCUT2D eigenvalue weighted by atomic mass is 16.5. The number of aromatic nitrogens is 1. The third kappa shape index (κ3) is 3.20. The van der Waals surface area contributed by atoms with Gasteiger partial charge in [0.2, 0.25) is 5.91 Å². The van der Waals surface area contributed by atoms with Gasteiger partial charge in [0.15, 0.2) is 0 Å². The maximum atomic E-state index is 12.1. The van der Waals surface area contributed by atoms with Crippen LogP contribution < -0.4 is 5.32 Å². The lowest BCUT2D eigenvalue weighted by molar-refractivity contribution is -0.120. The van der Waals surface area contributed by atoms with Gasteiger partial charge in [0.05, 0.1) is 0 Å². The van der Waals surface area contributed by atoms with Crippen LogP contribution in [-0.2, 0) is 9.53 Å². The van der Waals surface area contributed by atoms with Gasteiger partial charge in [0, 0.05) is 63.1 Å². The van der Waals surface area contributed by atoms with Gasteiger partial charge in [-0.1, -0.05) is 6.07 Å². The summed E-state index contributed by atoms with van der Waals surface area (Å²) >= 11 is 0. The van der Waals surface area contributed by atoms with E-state index < -0.39 is 0 Å². The summed E-state index contributed by atoms with van der Waals surface area (Å²) in [5, 5.41) is 3.33. The Morgan fingerprint density at radius 1 is 1.29 bits per heavy atom. The zero-order valence-corrected chi connectivity index (χ0v) is 14.2. The molecule has 4 heterocycles. The zero-order chi connectivity index (χ0) is 16.4. The van der Waals surface area contributed by atoms with E-state index in [1.54, 1.807) is 6.20 Å². The van der Waals surface area contributed by atoms with E-state index in [-0.39, 0.29) is 17.4 Å². The van der Waals surface area contributed by atoms with Gasteiger partial charge in [-0.25, -0.2) is 0 Å². The molecule has 1 atom stereocenters. The Morgan fingerprint density at radius 2 is 2.08 bits per heavy atom. The van der Waals surface area contributed by atoms with E-state index in [0.29, 0.717) is 6.42 Å². The van der Waals surface area contributed by atoms with Gasteiger partial charge in [0.25, 0.3) is 0 Å². The second-order valence-corrected chi connectivity index (χ2v) is 7.60. The average Bonchev–Trinajstić information content (AvgIpc) is 2.95. The fraction of sp³-hybridized carbons (Fsp3) is 0.684. The number of pyridine rings is 1. The molecule has 1 spiro atoms. The van der Waals surface area contributed by atoms with Crippen molar-refractivity contribution in [3.63, 3.8) is 0 Å². The molecule has 5 nitrogen and oxygen atoms in total. The third-order valence-electron chi connectivity index (χ3n) is 6.14. The van der Waals surface area contributed by atoms with E-state index in [4.69, 9.17) is 4.74 Å². The second-order valence-electron chi connectivity index (χ2n) is 7.60. The van der Waals surface area contributed by atoms with Crippen molar-refractivity contribution in [3.05, 3.63) is 30.1 Å². The molecule has 24 heavy (non-hydrogen) atoms. The van der Waals surface area contributed by atoms with Crippen molar-refractivity contribution in [2.45, 2.75) is 43.6 Å². The van der Waals surface area contributed by atoms with Crippen LogP contribution in [0.25, 0.3) is 0 Å². The van der Waals surface area contributed by atoms with E-state index in [9.17, 15) is 4.79 Å². The Labute approximate surface area is 143 Å². The van der Waals surface area contributed by atoms with Crippen molar-refractivity contribution < 1.29 is 9.53 Å². The Kier molecular flexibility index (Phi) is 4.55. The third-order valence-corrected chi connectivity index (χ3v) is 6.14. The standard InChI is InChI=1S/C19H27N3O2/c23-18-12-17(16-2-1-7-20-13-16)19(21-18)5-8-22(9-6-19)14-15-3-10-24-11-4-15/h1-2,7,13,15,17H,3-6,8-12,14H2,(H,21,23). The number of hydrogen-bond donors (Lipinski definition) is 1. The summed E-state index contributed by atoms with van der Waals surface area (Å²) in [7, 11) is 0. The molecule has 1 amide bonds. The number of piperidine rings is 1. The summed E-state index contributed by atoms with van der Waals surface area (Å²) in [5.41, 5.74) is 1.14. The summed E-state index contributed by atoms with van der Waals surface area (Å²) in [5.74, 6) is 1.24. The molecule has 0 bridgehead atoms. The number of rotatable bonds is 3. The summed E-state index contributed by atoms with van der Waals surface area (Å²) in [4.78, 5) is 19.0. The van der Waals surface area contributed by atoms with E-state index in [1.807, 2.05) is 12.3 Å². The molecule has 0 aliphatic carbocycles. The van der Waals surface area contributed by atoms with Crippen LogP contribution in [0.5, 0.6) is 0 Å². The second kappa shape index (κ2) is 6.81. The van der Waals surface area contributed by atoms with E-state index in [2.05, 4.69) is 21.3 Å². The van der Waals surface area contributed by atoms with E-state index in [0.717, 1.165) is 45.1 Å². The number of ether oxygens (including phenoxy) is 1. The number of amides is 1. The first-order chi connectivity index (χ1) is 11.8. The predicted octanol–water partition coefficient (Wildman–Crippen LogP) is 1.95. The van der Waals surface area contributed by atoms with Gasteiger partial charge in [-0.3, -0.25) is 9.78 Å². The molecule has 0 radical (unpaired) electrons. The number of nitrogens with zero attached hydrogens (tertiary/aromatic N) is 2. The van der Waals surface area contributed by atoms with Gasteiger partial charge < -0.3 is 15.0 Å². The zero-order valence-electron chi connectivity index (χ0n) is 14.2. The summed E-state index contributed by atoms with van der Waals surface area (Å²) in [6.45, 7) is 5.18. The Hall–Kier alpha value is -1.46. The van der Waals surface area contributed by atoms with E-state index >= 15 is 0 Å². The van der Waals surface area contributed by atoms with Crippen LogP contribution in [0.1, 0.15) is 43.6 Å². The molecule has 1 unspecified atom stereocenters.